The number of hydrogen-bond acceptors (Lipinski definition) is 4. The van der Waals surface area contributed by atoms with E-state index in [2.05, 4.69) is 0 Å². The minimum Gasteiger partial charge on any atom is -0.484 e. The number of hydrogen-bond donors (Lipinski definition) is 1. The SMILES string of the molecule is O=C(O)C1CN(C(=O)COc2ccc(F)cc2)CC12CCOCC2. The van der Waals surface area contributed by atoms with Crippen molar-refractivity contribution in [2.75, 3.05) is 32.9 Å². The molecule has 2 aliphatic heterocycles. The first-order chi connectivity index (χ1) is 11.5. The van der Waals surface area contributed by atoms with Gasteiger partial charge in [0.15, 0.2) is 6.61 Å². The van der Waals surface area contributed by atoms with E-state index in [1.165, 1.54) is 24.3 Å². The van der Waals surface area contributed by atoms with Crippen LogP contribution in [0, 0.1) is 17.2 Å². The molecule has 1 N–H and O–H groups in total. The predicted molar refractivity (Wildman–Crippen MR) is 82.1 cm³/mol. The second-order valence-electron chi connectivity index (χ2n) is 6.38. The average molecular weight is 337 g/mol. The lowest BCUT2D eigenvalue weighted by Crippen LogP contribution is -2.40. The Balaban J connectivity index is 1.63. The van der Waals surface area contributed by atoms with Gasteiger partial charge in [0, 0.05) is 31.7 Å². The molecule has 0 aliphatic carbocycles. The van der Waals surface area contributed by atoms with Crippen LogP contribution in [0.1, 0.15) is 12.8 Å². The highest BCUT2D eigenvalue weighted by Gasteiger charge is 2.51. The normalized spacial score (nSPS) is 22.5. The monoisotopic (exact) mass is 337 g/mol. The zero-order valence-electron chi connectivity index (χ0n) is 13.2. The van der Waals surface area contributed by atoms with Crippen molar-refractivity contribution >= 4 is 11.9 Å². The fourth-order valence-corrected chi connectivity index (χ4v) is 3.55. The highest BCUT2D eigenvalue weighted by atomic mass is 19.1. The molecule has 6 nitrogen and oxygen atoms in total. The highest BCUT2D eigenvalue weighted by molar-refractivity contribution is 5.80. The number of carboxylic acids is 1. The number of ether oxygens (including phenoxy) is 2. The van der Waals surface area contributed by atoms with Crippen LogP contribution in [0.25, 0.3) is 0 Å². The summed E-state index contributed by atoms with van der Waals surface area (Å²) >= 11 is 0. The summed E-state index contributed by atoms with van der Waals surface area (Å²) in [4.78, 5) is 25.6. The van der Waals surface area contributed by atoms with Gasteiger partial charge in [-0.3, -0.25) is 9.59 Å². The molecular formula is C17H20FNO5. The minimum absolute atomic E-state index is 0.190. The number of rotatable bonds is 4. The summed E-state index contributed by atoms with van der Waals surface area (Å²) < 4.78 is 23.6. The molecule has 1 aromatic rings. The Bertz CT molecular complexity index is 612. The number of benzene rings is 1. The standard InChI is InChI=1S/C17H20FNO5/c18-12-1-3-13(4-2-12)24-10-15(20)19-9-14(16(21)22)17(11-19)5-7-23-8-6-17/h1-4,14H,5-11H2,(H,21,22). The van der Waals surface area contributed by atoms with Gasteiger partial charge < -0.3 is 19.5 Å². The summed E-state index contributed by atoms with van der Waals surface area (Å²) in [5.41, 5.74) is -0.407. The molecule has 1 atom stereocenters. The van der Waals surface area contributed by atoms with Crippen molar-refractivity contribution in [3.8, 4) is 5.75 Å². The first-order valence-electron chi connectivity index (χ1n) is 7.97. The van der Waals surface area contributed by atoms with Crippen LogP contribution in [0.15, 0.2) is 24.3 Å². The van der Waals surface area contributed by atoms with E-state index in [0.29, 0.717) is 38.3 Å². The molecule has 1 amide bonds. The largest absolute Gasteiger partial charge is 0.484 e. The lowest BCUT2D eigenvalue weighted by Gasteiger charge is -2.36. The fourth-order valence-electron chi connectivity index (χ4n) is 3.55. The maximum Gasteiger partial charge on any atom is 0.308 e. The van der Waals surface area contributed by atoms with Gasteiger partial charge in [0.05, 0.1) is 5.92 Å². The quantitative estimate of drug-likeness (QED) is 0.902. The molecule has 0 bridgehead atoms. The second kappa shape index (κ2) is 6.76. The number of nitrogens with zero attached hydrogens (tertiary/aromatic N) is 1. The maximum absolute atomic E-state index is 12.9. The molecule has 1 spiro atoms. The molecule has 130 valence electrons. The third kappa shape index (κ3) is 3.36. The van der Waals surface area contributed by atoms with E-state index in [0.717, 1.165) is 0 Å². The van der Waals surface area contributed by atoms with Crippen LogP contribution in [0.3, 0.4) is 0 Å². The summed E-state index contributed by atoms with van der Waals surface area (Å²) in [6.45, 7) is 1.47. The second-order valence-corrected chi connectivity index (χ2v) is 6.38. The summed E-state index contributed by atoms with van der Waals surface area (Å²) in [5, 5.41) is 9.52. The van der Waals surface area contributed by atoms with Gasteiger partial charge in [-0.1, -0.05) is 0 Å². The summed E-state index contributed by atoms with van der Waals surface area (Å²) in [7, 11) is 0. The van der Waals surface area contributed by atoms with E-state index in [9.17, 15) is 19.1 Å². The van der Waals surface area contributed by atoms with E-state index in [1.807, 2.05) is 0 Å². The summed E-state index contributed by atoms with van der Waals surface area (Å²) in [6, 6.07) is 5.42. The number of carboxylic acid groups (broad SMARTS) is 1. The van der Waals surface area contributed by atoms with E-state index in [4.69, 9.17) is 9.47 Å². The zero-order chi connectivity index (χ0) is 17.2. The van der Waals surface area contributed by atoms with Crippen LogP contribution >= 0.6 is 0 Å². The van der Waals surface area contributed by atoms with Crippen molar-refractivity contribution < 1.29 is 28.6 Å². The molecule has 0 radical (unpaired) electrons. The molecule has 2 fully saturated rings. The lowest BCUT2D eigenvalue weighted by atomic mass is 9.72. The van der Waals surface area contributed by atoms with Crippen LogP contribution in [0.4, 0.5) is 4.39 Å². The molecule has 1 aromatic carbocycles. The van der Waals surface area contributed by atoms with E-state index < -0.39 is 17.3 Å². The van der Waals surface area contributed by atoms with Gasteiger partial charge in [0.1, 0.15) is 11.6 Å². The smallest absolute Gasteiger partial charge is 0.308 e. The van der Waals surface area contributed by atoms with Crippen molar-refractivity contribution in [1.29, 1.82) is 0 Å². The molecule has 3 rings (SSSR count). The van der Waals surface area contributed by atoms with Crippen molar-refractivity contribution in [3.63, 3.8) is 0 Å². The van der Waals surface area contributed by atoms with Gasteiger partial charge in [-0.25, -0.2) is 4.39 Å². The topological polar surface area (TPSA) is 76.1 Å². The summed E-state index contributed by atoms with van der Waals surface area (Å²) in [5.74, 6) is -1.67. The Morgan fingerprint density at radius 2 is 1.96 bits per heavy atom. The number of carbonyl (C=O) groups is 2. The highest BCUT2D eigenvalue weighted by Crippen LogP contribution is 2.44. The van der Waals surface area contributed by atoms with Gasteiger partial charge in [-0.05, 0) is 37.1 Å². The first kappa shape index (κ1) is 16.7. The molecule has 7 heteroatoms. The fraction of sp³-hybridized carbons (Fsp3) is 0.529. The predicted octanol–water partition coefficient (Wildman–Crippen LogP) is 1.54. The van der Waals surface area contributed by atoms with Gasteiger partial charge in [0.2, 0.25) is 0 Å². The third-order valence-corrected chi connectivity index (χ3v) is 4.96. The molecule has 0 aromatic heterocycles. The van der Waals surface area contributed by atoms with Crippen LogP contribution in [0.2, 0.25) is 0 Å². The molecule has 1 unspecified atom stereocenters. The Morgan fingerprint density at radius 3 is 2.58 bits per heavy atom. The zero-order valence-corrected chi connectivity index (χ0v) is 13.2. The Kier molecular flexibility index (Phi) is 4.71. The number of carbonyl (C=O) groups excluding carboxylic acids is 1. The van der Waals surface area contributed by atoms with E-state index in [1.54, 1.807) is 4.90 Å². The molecule has 2 saturated heterocycles. The van der Waals surface area contributed by atoms with Crippen LogP contribution < -0.4 is 4.74 Å². The number of amides is 1. The van der Waals surface area contributed by atoms with Crippen molar-refractivity contribution in [2.24, 2.45) is 11.3 Å². The van der Waals surface area contributed by atoms with Crippen LogP contribution in [-0.4, -0.2) is 54.8 Å². The molecule has 2 aliphatic rings. The molecule has 2 heterocycles. The number of aliphatic carboxylic acids is 1. The first-order valence-corrected chi connectivity index (χ1v) is 7.97. The maximum atomic E-state index is 12.9. The van der Waals surface area contributed by atoms with Gasteiger partial charge in [-0.15, -0.1) is 0 Å². The minimum atomic E-state index is -0.869. The van der Waals surface area contributed by atoms with Crippen molar-refractivity contribution in [2.45, 2.75) is 12.8 Å². The third-order valence-electron chi connectivity index (χ3n) is 4.96. The number of likely N-dealkylation sites (tertiary alicyclic amines) is 1. The van der Waals surface area contributed by atoms with Crippen molar-refractivity contribution in [3.05, 3.63) is 30.1 Å². The Hall–Kier alpha value is -2.15. The van der Waals surface area contributed by atoms with Gasteiger partial charge in [-0.2, -0.15) is 0 Å². The molecular weight excluding hydrogens is 317 g/mol. The molecule has 24 heavy (non-hydrogen) atoms. The Morgan fingerprint density at radius 1 is 1.29 bits per heavy atom. The summed E-state index contributed by atoms with van der Waals surface area (Å²) in [6.07, 6.45) is 1.29. The van der Waals surface area contributed by atoms with Crippen LogP contribution in [0.5, 0.6) is 5.75 Å². The van der Waals surface area contributed by atoms with Gasteiger partial charge >= 0.3 is 5.97 Å². The molecule has 0 saturated carbocycles. The van der Waals surface area contributed by atoms with Crippen molar-refractivity contribution in [1.82, 2.24) is 4.90 Å². The van der Waals surface area contributed by atoms with E-state index in [-0.39, 0.29) is 24.9 Å². The van der Waals surface area contributed by atoms with Crippen LogP contribution in [-0.2, 0) is 14.3 Å². The van der Waals surface area contributed by atoms with Gasteiger partial charge in [0.25, 0.3) is 5.91 Å². The average Bonchev–Trinajstić information content (AvgIpc) is 2.94. The Labute approximate surface area is 139 Å². The van der Waals surface area contributed by atoms with E-state index >= 15 is 0 Å². The number of halogens is 1. The lowest BCUT2D eigenvalue weighted by molar-refractivity contribution is -0.146.